The number of hydrogen-bond acceptors (Lipinski definition) is 2. The molecule has 0 heterocycles. The van der Waals surface area contributed by atoms with E-state index < -0.39 is 0 Å². The molecule has 0 bridgehead atoms. The Bertz CT molecular complexity index is 612. The molecular formula is C17H17ClFNO. The fourth-order valence-electron chi connectivity index (χ4n) is 2.07. The standard InChI is InChI=1S/C17H17ClFNO/c1-20(12-14-4-2-3-5-16(14)18)11-10-17(21)13-6-8-15(19)9-7-13/h2-9H,10-12H2,1H3. The number of rotatable bonds is 6. The van der Waals surface area contributed by atoms with Crippen molar-refractivity contribution in [2.24, 2.45) is 0 Å². The molecule has 2 aromatic rings. The van der Waals surface area contributed by atoms with Gasteiger partial charge in [0.1, 0.15) is 5.82 Å². The van der Waals surface area contributed by atoms with E-state index in [1.165, 1.54) is 24.3 Å². The first-order chi connectivity index (χ1) is 10.1. The van der Waals surface area contributed by atoms with Gasteiger partial charge in [0.15, 0.2) is 5.78 Å². The molecule has 21 heavy (non-hydrogen) atoms. The number of nitrogens with zero attached hydrogens (tertiary/aromatic N) is 1. The SMILES string of the molecule is CN(CCC(=O)c1ccc(F)cc1)Cc1ccccc1Cl. The summed E-state index contributed by atoms with van der Waals surface area (Å²) >= 11 is 6.11. The third kappa shape index (κ3) is 4.66. The minimum Gasteiger partial charge on any atom is -0.302 e. The first-order valence-electron chi connectivity index (χ1n) is 6.77. The van der Waals surface area contributed by atoms with Crippen molar-refractivity contribution in [1.82, 2.24) is 4.90 Å². The molecule has 0 saturated heterocycles. The second-order valence-electron chi connectivity index (χ2n) is 5.01. The summed E-state index contributed by atoms with van der Waals surface area (Å²) in [6.07, 6.45) is 0.395. The molecule has 0 aliphatic rings. The van der Waals surface area contributed by atoms with Crippen LogP contribution in [0, 0.1) is 5.82 Å². The van der Waals surface area contributed by atoms with Gasteiger partial charge >= 0.3 is 0 Å². The molecule has 0 aromatic heterocycles. The Morgan fingerprint density at radius 3 is 2.48 bits per heavy atom. The zero-order valence-corrected chi connectivity index (χ0v) is 12.6. The van der Waals surface area contributed by atoms with E-state index in [4.69, 9.17) is 11.6 Å². The summed E-state index contributed by atoms with van der Waals surface area (Å²) in [6.45, 7) is 1.32. The van der Waals surface area contributed by atoms with E-state index in [1.54, 1.807) is 0 Å². The smallest absolute Gasteiger partial charge is 0.164 e. The minimum absolute atomic E-state index is 0.0148. The van der Waals surface area contributed by atoms with E-state index in [0.717, 1.165) is 10.6 Å². The Hall–Kier alpha value is -1.71. The Morgan fingerprint density at radius 1 is 1.14 bits per heavy atom. The van der Waals surface area contributed by atoms with E-state index in [-0.39, 0.29) is 11.6 Å². The maximum absolute atomic E-state index is 12.8. The van der Waals surface area contributed by atoms with Gasteiger partial charge in [-0.15, -0.1) is 0 Å². The lowest BCUT2D eigenvalue weighted by Crippen LogP contribution is -2.21. The summed E-state index contributed by atoms with van der Waals surface area (Å²) in [4.78, 5) is 14.0. The molecule has 0 radical (unpaired) electrons. The van der Waals surface area contributed by atoms with Crippen LogP contribution < -0.4 is 0 Å². The molecule has 4 heteroatoms. The van der Waals surface area contributed by atoms with E-state index in [9.17, 15) is 9.18 Å². The van der Waals surface area contributed by atoms with Gasteiger partial charge in [0.25, 0.3) is 0 Å². The van der Waals surface area contributed by atoms with Crippen LogP contribution in [0.25, 0.3) is 0 Å². The summed E-state index contributed by atoms with van der Waals surface area (Å²) in [5.74, 6) is -0.316. The van der Waals surface area contributed by atoms with Crippen LogP contribution in [0.3, 0.4) is 0 Å². The molecule has 2 nitrogen and oxygen atoms in total. The highest BCUT2D eigenvalue weighted by Crippen LogP contribution is 2.16. The van der Waals surface area contributed by atoms with Gasteiger partial charge in [-0.3, -0.25) is 4.79 Å². The van der Waals surface area contributed by atoms with Crippen LogP contribution >= 0.6 is 11.6 Å². The fraction of sp³-hybridized carbons (Fsp3) is 0.235. The predicted molar refractivity (Wildman–Crippen MR) is 83.1 cm³/mol. The van der Waals surface area contributed by atoms with E-state index in [2.05, 4.69) is 0 Å². The normalized spacial score (nSPS) is 10.9. The predicted octanol–water partition coefficient (Wildman–Crippen LogP) is 4.18. The highest BCUT2D eigenvalue weighted by molar-refractivity contribution is 6.31. The fourth-order valence-corrected chi connectivity index (χ4v) is 2.26. The highest BCUT2D eigenvalue weighted by atomic mass is 35.5. The van der Waals surface area contributed by atoms with E-state index >= 15 is 0 Å². The number of Topliss-reactive ketones (excluding diaryl/α,β-unsaturated/α-hetero) is 1. The average molecular weight is 306 g/mol. The third-order valence-corrected chi connectivity index (χ3v) is 3.65. The largest absolute Gasteiger partial charge is 0.302 e. The van der Waals surface area contributed by atoms with Gasteiger partial charge in [0.05, 0.1) is 0 Å². The van der Waals surface area contributed by atoms with Crippen LogP contribution in [0.2, 0.25) is 5.02 Å². The molecule has 0 spiro atoms. The van der Waals surface area contributed by atoms with Crippen molar-refractivity contribution >= 4 is 17.4 Å². The molecule has 110 valence electrons. The molecular weight excluding hydrogens is 289 g/mol. The summed E-state index contributed by atoms with van der Waals surface area (Å²) in [5.41, 5.74) is 1.58. The van der Waals surface area contributed by atoms with Crippen LogP contribution in [-0.2, 0) is 6.54 Å². The van der Waals surface area contributed by atoms with Crippen molar-refractivity contribution in [2.75, 3.05) is 13.6 Å². The monoisotopic (exact) mass is 305 g/mol. The second-order valence-corrected chi connectivity index (χ2v) is 5.42. The first kappa shape index (κ1) is 15.7. The minimum atomic E-state index is -0.331. The molecule has 0 unspecified atom stereocenters. The van der Waals surface area contributed by atoms with Crippen LogP contribution in [0.1, 0.15) is 22.3 Å². The van der Waals surface area contributed by atoms with Crippen LogP contribution in [0.4, 0.5) is 4.39 Å². The van der Waals surface area contributed by atoms with Crippen molar-refractivity contribution in [3.8, 4) is 0 Å². The topological polar surface area (TPSA) is 20.3 Å². The first-order valence-corrected chi connectivity index (χ1v) is 7.15. The lowest BCUT2D eigenvalue weighted by molar-refractivity contribution is 0.0968. The molecule has 0 saturated carbocycles. The molecule has 0 aliphatic heterocycles. The summed E-state index contributed by atoms with van der Waals surface area (Å²) in [6, 6.07) is 13.3. The van der Waals surface area contributed by atoms with Gasteiger partial charge in [-0.05, 0) is 42.9 Å². The molecule has 2 aromatic carbocycles. The van der Waals surface area contributed by atoms with Crippen molar-refractivity contribution in [3.63, 3.8) is 0 Å². The van der Waals surface area contributed by atoms with Gasteiger partial charge in [-0.25, -0.2) is 4.39 Å². The number of carbonyl (C=O) groups is 1. The summed E-state index contributed by atoms with van der Waals surface area (Å²) < 4.78 is 12.8. The Morgan fingerprint density at radius 2 is 1.81 bits per heavy atom. The van der Waals surface area contributed by atoms with Crippen LogP contribution in [0.15, 0.2) is 48.5 Å². The van der Waals surface area contributed by atoms with Gasteiger partial charge in [-0.1, -0.05) is 29.8 Å². The van der Waals surface area contributed by atoms with Gasteiger partial charge in [0.2, 0.25) is 0 Å². The third-order valence-electron chi connectivity index (χ3n) is 3.28. The number of benzene rings is 2. The summed E-state index contributed by atoms with van der Waals surface area (Å²) in [5, 5.41) is 0.731. The lowest BCUT2D eigenvalue weighted by Gasteiger charge is -2.17. The molecule has 0 fully saturated rings. The highest BCUT2D eigenvalue weighted by Gasteiger charge is 2.09. The maximum Gasteiger partial charge on any atom is 0.164 e. The van der Waals surface area contributed by atoms with Crippen molar-refractivity contribution < 1.29 is 9.18 Å². The number of halogens is 2. The summed E-state index contributed by atoms with van der Waals surface area (Å²) in [7, 11) is 1.95. The quantitative estimate of drug-likeness (QED) is 0.746. The Labute approximate surface area is 129 Å². The van der Waals surface area contributed by atoms with Crippen LogP contribution in [0.5, 0.6) is 0 Å². The van der Waals surface area contributed by atoms with Gasteiger partial charge in [0, 0.05) is 30.1 Å². The van der Waals surface area contributed by atoms with Crippen molar-refractivity contribution in [2.45, 2.75) is 13.0 Å². The maximum atomic E-state index is 12.8. The zero-order chi connectivity index (χ0) is 15.2. The van der Waals surface area contributed by atoms with Gasteiger partial charge in [-0.2, -0.15) is 0 Å². The Kier molecular flexibility index (Phi) is 5.48. The molecule has 0 amide bonds. The molecule has 2 rings (SSSR count). The molecule has 0 N–H and O–H groups in total. The molecule has 0 aliphatic carbocycles. The van der Waals surface area contributed by atoms with E-state index in [1.807, 2.05) is 36.2 Å². The zero-order valence-electron chi connectivity index (χ0n) is 11.9. The number of hydrogen-bond donors (Lipinski definition) is 0. The van der Waals surface area contributed by atoms with Crippen LogP contribution in [-0.4, -0.2) is 24.3 Å². The Balaban J connectivity index is 1.86. The lowest BCUT2D eigenvalue weighted by atomic mass is 10.1. The molecule has 0 atom stereocenters. The number of ketones is 1. The van der Waals surface area contributed by atoms with E-state index in [0.29, 0.717) is 25.1 Å². The van der Waals surface area contributed by atoms with Gasteiger partial charge < -0.3 is 4.90 Å². The second kappa shape index (κ2) is 7.34. The van der Waals surface area contributed by atoms with Crippen molar-refractivity contribution in [3.05, 3.63) is 70.5 Å². The number of carbonyl (C=O) groups excluding carboxylic acids is 1. The van der Waals surface area contributed by atoms with Crippen molar-refractivity contribution in [1.29, 1.82) is 0 Å². The average Bonchev–Trinajstić information content (AvgIpc) is 2.48.